The Balaban J connectivity index is 1.77. The van der Waals surface area contributed by atoms with Crippen molar-refractivity contribution in [3.8, 4) is 11.8 Å². The summed E-state index contributed by atoms with van der Waals surface area (Å²) < 4.78 is 32.9. The minimum absolute atomic E-state index is 0.169. The van der Waals surface area contributed by atoms with Crippen LogP contribution in [0.15, 0.2) is 53.4 Å². The van der Waals surface area contributed by atoms with E-state index in [9.17, 15) is 8.42 Å². The van der Waals surface area contributed by atoms with Crippen LogP contribution in [-0.4, -0.2) is 45.5 Å². The normalized spacial score (nSPS) is 16.7. The van der Waals surface area contributed by atoms with Crippen LogP contribution in [0.1, 0.15) is 12.5 Å². The zero-order valence-corrected chi connectivity index (χ0v) is 15.6. The van der Waals surface area contributed by atoms with Gasteiger partial charge in [0.2, 0.25) is 10.0 Å². The molecule has 0 saturated heterocycles. The minimum atomic E-state index is -3.64. The SMILES string of the molecule is CCN1C[C@H](CN(C)S(=O)(=O)c2ccc(C#N)cc2)Oc2ccccc21. The van der Waals surface area contributed by atoms with Crippen molar-refractivity contribution in [1.82, 2.24) is 4.31 Å². The number of likely N-dealkylation sites (N-methyl/N-ethyl adjacent to an activating group) is 2. The Labute approximate surface area is 154 Å². The van der Waals surface area contributed by atoms with E-state index < -0.39 is 10.0 Å². The van der Waals surface area contributed by atoms with Gasteiger partial charge in [-0.25, -0.2) is 8.42 Å². The fraction of sp³-hybridized carbons (Fsp3) is 0.316. The van der Waals surface area contributed by atoms with E-state index >= 15 is 0 Å². The number of nitrogens with zero attached hydrogens (tertiary/aromatic N) is 3. The Morgan fingerprint density at radius 3 is 2.58 bits per heavy atom. The number of nitriles is 1. The number of rotatable bonds is 5. The number of sulfonamides is 1. The van der Waals surface area contributed by atoms with Crippen LogP contribution < -0.4 is 9.64 Å². The molecule has 26 heavy (non-hydrogen) atoms. The summed E-state index contributed by atoms with van der Waals surface area (Å²) >= 11 is 0. The maximum absolute atomic E-state index is 12.8. The molecule has 0 radical (unpaired) electrons. The van der Waals surface area contributed by atoms with E-state index in [0.29, 0.717) is 12.1 Å². The summed E-state index contributed by atoms with van der Waals surface area (Å²) in [7, 11) is -2.09. The van der Waals surface area contributed by atoms with E-state index in [1.807, 2.05) is 30.3 Å². The molecule has 7 heteroatoms. The molecule has 0 aliphatic carbocycles. The molecule has 0 bridgehead atoms. The smallest absolute Gasteiger partial charge is 0.242 e. The second kappa shape index (κ2) is 7.36. The molecule has 1 aliphatic rings. The fourth-order valence-corrected chi connectivity index (χ4v) is 4.24. The molecule has 0 N–H and O–H groups in total. The lowest BCUT2D eigenvalue weighted by atomic mass is 10.2. The van der Waals surface area contributed by atoms with Gasteiger partial charge in [0.1, 0.15) is 11.9 Å². The molecule has 0 spiro atoms. The molecule has 0 saturated carbocycles. The predicted octanol–water partition coefficient (Wildman–Crippen LogP) is 2.47. The van der Waals surface area contributed by atoms with Crippen LogP contribution in [0.4, 0.5) is 5.69 Å². The van der Waals surface area contributed by atoms with Gasteiger partial charge in [-0.1, -0.05) is 12.1 Å². The van der Waals surface area contributed by atoms with Crippen molar-refractivity contribution >= 4 is 15.7 Å². The average molecular weight is 371 g/mol. The molecule has 1 atom stereocenters. The summed E-state index contributed by atoms with van der Waals surface area (Å²) in [6.07, 6.45) is -0.261. The highest BCUT2D eigenvalue weighted by atomic mass is 32.2. The third kappa shape index (κ3) is 3.52. The molecule has 0 unspecified atom stereocenters. The molecule has 0 aromatic heterocycles. The van der Waals surface area contributed by atoms with Crippen molar-refractivity contribution in [2.24, 2.45) is 0 Å². The topological polar surface area (TPSA) is 73.6 Å². The van der Waals surface area contributed by atoms with Crippen molar-refractivity contribution in [1.29, 1.82) is 5.26 Å². The molecular weight excluding hydrogens is 350 g/mol. The zero-order chi connectivity index (χ0) is 18.7. The Morgan fingerprint density at radius 2 is 1.92 bits per heavy atom. The number of hydrogen-bond acceptors (Lipinski definition) is 5. The van der Waals surface area contributed by atoms with E-state index in [1.54, 1.807) is 7.05 Å². The Hall–Kier alpha value is -2.56. The molecule has 2 aromatic carbocycles. The summed E-state index contributed by atoms with van der Waals surface area (Å²) in [6.45, 7) is 3.76. The number of ether oxygens (including phenoxy) is 1. The Bertz CT molecular complexity index is 920. The van der Waals surface area contributed by atoms with E-state index in [0.717, 1.165) is 18.0 Å². The lowest BCUT2D eigenvalue weighted by molar-refractivity contribution is 0.171. The van der Waals surface area contributed by atoms with Crippen molar-refractivity contribution in [3.63, 3.8) is 0 Å². The van der Waals surface area contributed by atoms with Gasteiger partial charge in [0.25, 0.3) is 0 Å². The fourth-order valence-electron chi connectivity index (χ4n) is 3.04. The van der Waals surface area contributed by atoms with Crippen LogP contribution in [-0.2, 0) is 10.0 Å². The van der Waals surface area contributed by atoms with Gasteiger partial charge in [0, 0.05) is 13.6 Å². The monoisotopic (exact) mass is 371 g/mol. The Kier molecular flexibility index (Phi) is 5.16. The van der Waals surface area contributed by atoms with Crippen molar-refractivity contribution in [3.05, 3.63) is 54.1 Å². The highest BCUT2D eigenvalue weighted by Gasteiger charge is 2.29. The van der Waals surface area contributed by atoms with Crippen LogP contribution in [0.5, 0.6) is 5.75 Å². The molecule has 3 rings (SSSR count). The minimum Gasteiger partial charge on any atom is -0.485 e. The first-order valence-corrected chi connectivity index (χ1v) is 9.87. The maximum atomic E-state index is 12.8. The van der Waals surface area contributed by atoms with Gasteiger partial charge in [-0.15, -0.1) is 0 Å². The summed E-state index contributed by atoms with van der Waals surface area (Å²) in [5.41, 5.74) is 1.46. The van der Waals surface area contributed by atoms with Gasteiger partial charge in [-0.05, 0) is 43.3 Å². The number of anilines is 1. The van der Waals surface area contributed by atoms with Gasteiger partial charge in [0.05, 0.1) is 35.3 Å². The standard InChI is InChI=1S/C19H21N3O3S/c1-3-22-14-16(25-19-7-5-4-6-18(19)22)13-21(2)26(23,24)17-10-8-15(12-20)9-11-17/h4-11,16H,3,13-14H2,1-2H3/t16-/m0/s1. The second-order valence-corrected chi connectivity index (χ2v) is 8.21. The van der Waals surface area contributed by atoms with Crippen molar-refractivity contribution < 1.29 is 13.2 Å². The highest BCUT2D eigenvalue weighted by molar-refractivity contribution is 7.89. The van der Waals surface area contributed by atoms with Crippen molar-refractivity contribution in [2.75, 3.05) is 31.6 Å². The summed E-state index contributed by atoms with van der Waals surface area (Å²) in [5.74, 6) is 0.773. The lowest BCUT2D eigenvalue weighted by Gasteiger charge is -2.36. The quantitative estimate of drug-likeness (QED) is 0.807. The number of benzene rings is 2. The first kappa shape index (κ1) is 18.2. The second-order valence-electron chi connectivity index (χ2n) is 6.17. The molecular formula is C19H21N3O3S. The van der Waals surface area contributed by atoms with Gasteiger partial charge in [-0.2, -0.15) is 9.57 Å². The van der Waals surface area contributed by atoms with Gasteiger partial charge in [0.15, 0.2) is 0 Å². The molecule has 136 valence electrons. The van der Waals surface area contributed by atoms with Crippen molar-refractivity contribution in [2.45, 2.75) is 17.9 Å². The first-order chi connectivity index (χ1) is 12.5. The zero-order valence-electron chi connectivity index (χ0n) is 14.8. The lowest BCUT2D eigenvalue weighted by Crippen LogP contribution is -2.46. The molecule has 1 aliphatic heterocycles. The van der Waals surface area contributed by atoms with E-state index in [4.69, 9.17) is 10.00 Å². The predicted molar refractivity (Wildman–Crippen MR) is 99.7 cm³/mol. The summed E-state index contributed by atoms with van der Waals surface area (Å²) in [6, 6.07) is 15.7. The van der Waals surface area contributed by atoms with E-state index in [1.165, 1.54) is 28.6 Å². The van der Waals surface area contributed by atoms with Gasteiger partial charge in [-0.3, -0.25) is 0 Å². The number of hydrogen-bond donors (Lipinski definition) is 0. The highest BCUT2D eigenvalue weighted by Crippen LogP contribution is 2.33. The van der Waals surface area contributed by atoms with Crippen LogP contribution in [0, 0.1) is 11.3 Å². The first-order valence-electron chi connectivity index (χ1n) is 8.43. The molecule has 0 fully saturated rings. The van der Waals surface area contributed by atoms with Crippen LogP contribution >= 0.6 is 0 Å². The largest absolute Gasteiger partial charge is 0.485 e. The maximum Gasteiger partial charge on any atom is 0.242 e. The third-order valence-corrected chi connectivity index (χ3v) is 6.30. The third-order valence-electron chi connectivity index (χ3n) is 4.46. The van der Waals surface area contributed by atoms with Gasteiger partial charge < -0.3 is 9.64 Å². The summed E-state index contributed by atoms with van der Waals surface area (Å²) in [5, 5.41) is 8.85. The Morgan fingerprint density at radius 1 is 1.23 bits per heavy atom. The van der Waals surface area contributed by atoms with E-state index in [-0.39, 0.29) is 17.5 Å². The van der Waals surface area contributed by atoms with Crippen LogP contribution in [0.3, 0.4) is 0 Å². The van der Waals surface area contributed by atoms with Crippen LogP contribution in [0.2, 0.25) is 0 Å². The summed E-state index contributed by atoms with van der Waals surface area (Å²) in [4.78, 5) is 2.36. The molecule has 2 aromatic rings. The van der Waals surface area contributed by atoms with E-state index in [2.05, 4.69) is 11.8 Å². The number of para-hydroxylation sites is 2. The average Bonchev–Trinajstić information content (AvgIpc) is 2.67. The number of fused-ring (bicyclic) bond motifs is 1. The molecule has 6 nitrogen and oxygen atoms in total. The molecule has 0 amide bonds. The molecule has 1 heterocycles. The van der Waals surface area contributed by atoms with Crippen LogP contribution in [0.25, 0.3) is 0 Å². The van der Waals surface area contributed by atoms with Gasteiger partial charge >= 0.3 is 0 Å².